The highest BCUT2D eigenvalue weighted by Gasteiger charge is 2.25. The second-order valence-electron chi connectivity index (χ2n) is 5.81. The molecule has 1 amide bonds. The second kappa shape index (κ2) is 7.65. The van der Waals surface area contributed by atoms with Crippen LogP contribution in [0.1, 0.15) is 22.3 Å². The number of carbonyl (C=O) groups excluding carboxylic acids is 2. The Morgan fingerprint density at radius 2 is 2.04 bits per heavy atom. The van der Waals surface area contributed by atoms with Crippen molar-refractivity contribution in [2.24, 2.45) is 0 Å². The number of anilines is 1. The summed E-state index contributed by atoms with van der Waals surface area (Å²) >= 11 is 3.28. The molecule has 3 rings (SSSR count). The second-order valence-corrected chi connectivity index (χ2v) is 6.72. The van der Waals surface area contributed by atoms with E-state index in [4.69, 9.17) is 4.74 Å². The van der Waals surface area contributed by atoms with Crippen LogP contribution in [0.25, 0.3) is 0 Å². The molecule has 0 N–H and O–H groups in total. The van der Waals surface area contributed by atoms with Crippen LogP contribution in [0, 0.1) is 10.1 Å². The van der Waals surface area contributed by atoms with Gasteiger partial charge >= 0.3 is 5.97 Å². The summed E-state index contributed by atoms with van der Waals surface area (Å²) in [6, 6.07) is 11.1. The van der Waals surface area contributed by atoms with E-state index < -0.39 is 10.9 Å². The van der Waals surface area contributed by atoms with Crippen LogP contribution in [0.5, 0.6) is 0 Å². The molecular formula is C18H15BrN2O5. The summed E-state index contributed by atoms with van der Waals surface area (Å²) in [7, 11) is 0. The molecule has 0 spiro atoms. The molecule has 1 heterocycles. The molecule has 7 nitrogen and oxygen atoms in total. The molecular weight excluding hydrogens is 404 g/mol. The molecule has 1 aliphatic heterocycles. The van der Waals surface area contributed by atoms with Crippen molar-refractivity contribution < 1.29 is 19.2 Å². The Labute approximate surface area is 157 Å². The predicted octanol–water partition coefficient (Wildman–Crippen LogP) is 3.49. The van der Waals surface area contributed by atoms with Crippen LogP contribution < -0.4 is 4.90 Å². The molecule has 0 unspecified atom stereocenters. The van der Waals surface area contributed by atoms with Crippen LogP contribution in [0.15, 0.2) is 46.9 Å². The average Bonchev–Trinajstić information content (AvgIpc) is 2.64. The molecule has 2 aromatic rings. The zero-order chi connectivity index (χ0) is 18.7. The van der Waals surface area contributed by atoms with E-state index in [1.54, 1.807) is 30.3 Å². The monoisotopic (exact) mass is 418 g/mol. The molecule has 0 bridgehead atoms. The minimum Gasteiger partial charge on any atom is -0.452 e. The largest absolute Gasteiger partial charge is 0.452 e. The first-order chi connectivity index (χ1) is 12.5. The Bertz CT molecular complexity index is 884. The summed E-state index contributed by atoms with van der Waals surface area (Å²) in [5.74, 6) is -0.941. The molecule has 2 aromatic carbocycles. The first-order valence-corrected chi connectivity index (χ1v) is 8.75. The third-order valence-electron chi connectivity index (χ3n) is 4.08. The van der Waals surface area contributed by atoms with E-state index in [0.29, 0.717) is 30.6 Å². The van der Waals surface area contributed by atoms with Gasteiger partial charge in [0.15, 0.2) is 6.61 Å². The number of amides is 1. The van der Waals surface area contributed by atoms with Gasteiger partial charge < -0.3 is 9.64 Å². The maximum absolute atomic E-state index is 12.5. The molecule has 0 aromatic heterocycles. The summed E-state index contributed by atoms with van der Waals surface area (Å²) in [5, 5.41) is 10.9. The van der Waals surface area contributed by atoms with Gasteiger partial charge in [-0.25, -0.2) is 4.79 Å². The number of hydrogen-bond acceptors (Lipinski definition) is 5. The standard InChI is InChI=1S/C18H15BrN2O5/c19-14-5-1-3-13(9-14)18(23)26-11-17(22)20-8-2-4-12-10-15(21(24)25)6-7-16(12)20/h1,3,5-7,9-10H,2,4,8,11H2. The van der Waals surface area contributed by atoms with Gasteiger partial charge in [-0.1, -0.05) is 22.0 Å². The number of nitrogens with zero attached hydrogens (tertiary/aromatic N) is 2. The van der Waals surface area contributed by atoms with Gasteiger partial charge in [-0.15, -0.1) is 0 Å². The van der Waals surface area contributed by atoms with E-state index in [1.165, 1.54) is 17.0 Å². The molecule has 0 radical (unpaired) electrons. The maximum Gasteiger partial charge on any atom is 0.338 e. The fraction of sp³-hybridized carbons (Fsp3) is 0.222. The molecule has 0 atom stereocenters. The minimum absolute atomic E-state index is 0.000804. The number of halogens is 1. The Morgan fingerprint density at radius 3 is 2.77 bits per heavy atom. The van der Waals surface area contributed by atoms with Gasteiger partial charge in [-0.2, -0.15) is 0 Å². The summed E-state index contributed by atoms with van der Waals surface area (Å²) in [4.78, 5) is 36.5. The number of benzene rings is 2. The van der Waals surface area contributed by atoms with Crippen LogP contribution in [0.3, 0.4) is 0 Å². The van der Waals surface area contributed by atoms with E-state index in [0.717, 1.165) is 10.0 Å². The van der Waals surface area contributed by atoms with E-state index in [1.807, 2.05) is 0 Å². The van der Waals surface area contributed by atoms with Crippen molar-refractivity contribution >= 4 is 39.2 Å². The van der Waals surface area contributed by atoms with Crippen molar-refractivity contribution in [2.75, 3.05) is 18.1 Å². The Kier molecular flexibility index (Phi) is 5.32. The fourth-order valence-corrected chi connectivity index (χ4v) is 3.26. The van der Waals surface area contributed by atoms with Gasteiger partial charge in [0.2, 0.25) is 0 Å². The quantitative estimate of drug-likeness (QED) is 0.430. The summed E-state index contributed by atoms with van der Waals surface area (Å²) in [6.45, 7) is 0.0971. The Morgan fingerprint density at radius 1 is 1.23 bits per heavy atom. The Balaban J connectivity index is 1.69. The number of hydrogen-bond donors (Lipinski definition) is 0. The number of fused-ring (bicyclic) bond motifs is 1. The third-order valence-corrected chi connectivity index (χ3v) is 4.57. The van der Waals surface area contributed by atoms with Gasteiger partial charge in [-0.05, 0) is 42.7 Å². The molecule has 0 fully saturated rings. The zero-order valence-corrected chi connectivity index (χ0v) is 15.3. The predicted molar refractivity (Wildman–Crippen MR) is 98.2 cm³/mol. The fourth-order valence-electron chi connectivity index (χ4n) is 2.86. The molecule has 0 saturated heterocycles. The molecule has 8 heteroatoms. The van der Waals surface area contributed by atoms with Crippen LogP contribution in [-0.2, 0) is 16.0 Å². The smallest absolute Gasteiger partial charge is 0.338 e. The van der Waals surface area contributed by atoms with Crippen molar-refractivity contribution in [3.63, 3.8) is 0 Å². The van der Waals surface area contributed by atoms with E-state index in [2.05, 4.69) is 15.9 Å². The van der Waals surface area contributed by atoms with Crippen LogP contribution >= 0.6 is 15.9 Å². The van der Waals surface area contributed by atoms with Gasteiger partial charge in [0.05, 0.1) is 10.5 Å². The molecule has 26 heavy (non-hydrogen) atoms. The lowest BCUT2D eigenvalue weighted by Crippen LogP contribution is -2.38. The molecule has 1 aliphatic rings. The van der Waals surface area contributed by atoms with Gasteiger partial charge in [0.25, 0.3) is 11.6 Å². The van der Waals surface area contributed by atoms with Crippen molar-refractivity contribution in [3.8, 4) is 0 Å². The van der Waals surface area contributed by atoms with Gasteiger partial charge in [0, 0.05) is 28.8 Å². The van der Waals surface area contributed by atoms with Crippen molar-refractivity contribution in [3.05, 3.63) is 68.2 Å². The zero-order valence-electron chi connectivity index (χ0n) is 13.7. The third kappa shape index (κ3) is 3.91. The minimum atomic E-state index is -0.583. The number of nitro benzene ring substituents is 1. The highest BCUT2D eigenvalue weighted by Crippen LogP contribution is 2.30. The number of ether oxygens (including phenoxy) is 1. The van der Waals surface area contributed by atoms with Gasteiger partial charge in [0.1, 0.15) is 0 Å². The highest BCUT2D eigenvalue weighted by molar-refractivity contribution is 9.10. The molecule has 0 aliphatic carbocycles. The van der Waals surface area contributed by atoms with Crippen LogP contribution in [0.4, 0.5) is 11.4 Å². The van der Waals surface area contributed by atoms with Crippen molar-refractivity contribution in [1.29, 1.82) is 0 Å². The lowest BCUT2D eigenvalue weighted by atomic mass is 10.0. The van der Waals surface area contributed by atoms with Crippen LogP contribution in [0.2, 0.25) is 0 Å². The number of carbonyl (C=O) groups is 2. The summed E-state index contributed by atoms with van der Waals surface area (Å²) < 4.78 is 5.86. The first kappa shape index (κ1) is 18.1. The number of esters is 1. The highest BCUT2D eigenvalue weighted by atomic mass is 79.9. The number of rotatable bonds is 4. The topological polar surface area (TPSA) is 89.8 Å². The lowest BCUT2D eigenvalue weighted by Gasteiger charge is -2.29. The van der Waals surface area contributed by atoms with Crippen molar-refractivity contribution in [2.45, 2.75) is 12.8 Å². The summed E-state index contributed by atoms with van der Waals surface area (Å²) in [5.41, 5.74) is 1.73. The van der Waals surface area contributed by atoms with Crippen molar-refractivity contribution in [1.82, 2.24) is 0 Å². The normalized spacial score (nSPS) is 13.0. The molecule has 0 saturated carbocycles. The average molecular weight is 419 g/mol. The molecule has 134 valence electrons. The Hall–Kier alpha value is -2.74. The summed E-state index contributed by atoms with van der Waals surface area (Å²) in [6.07, 6.45) is 1.36. The number of aryl methyl sites for hydroxylation is 1. The van der Waals surface area contributed by atoms with Crippen LogP contribution in [-0.4, -0.2) is 30.0 Å². The maximum atomic E-state index is 12.5. The van der Waals surface area contributed by atoms with E-state index >= 15 is 0 Å². The van der Waals surface area contributed by atoms with E-state index in [-0.39, 0.29) is 18.2 Å². The number of nitro groups is 1. The van der Waals surface area contributed by atoms with Gasteiger partial charge in [-0.3, -0.25) is 14.9 Å². The number of non-ortho nitro benzene ring substituents is 1. The van der Waals surface area contributed by atoms with E-state index in [9.17, 15) is 19.7 Å². The SMILES string of the molecule is O=C(OCC(=O)N1CCCc2cc([N+](=O)[O-])ccc21)c1cccc(Br)c1. The lowest BCUT2D eigenvalue weighted by molar-refractivity contribution is -0.384. The first-order valence-electron chi connectivity index (χ1n) is 7.96.